The van der Waals surface area contributed by atoms with Crippen molar-refractivity contribution in [3.8, 4) is 0 Å². The number of aromatic carboxylic acids is 1. The first kappa shape index (κ1) is 11.5. The normalized spacial score (nSPS) is 21.1. The number of hydrogen-bond donors (Lipinski definition) is 1. The predicted molar refractivity (Wildman–Crippen MR) is 66.0 cm³/mol. The summed E-state index contributed by atoms with van der Waals surface area (Å²) in [5.74, 6) is -0.0434. The number of carboxylic acids is 1. The monoisotopic (exact) mass is 248 g/mol. The lowest BCUT2D eigenvalue weighted by atomic mass is 9.85. The van der Waals surface area contributed by atoms with Gasteiger partial charge in [-0.2, -0.15) is 0 Å². The van der Waals surface area contributed by atoms with E-state index in [-0.39, 0.29) is 5.56 Å². The largest absolute Gasteiger partial charge is 0.478 e. The number of aromatic nitrogens is 1. The first-order chi connectivity index (χ1) is 8.60. The van der Waals surface area contributed by atoms with Crippen LogP contribution in [0.3, 0.4) is 0 Å². The molecule has 0 aliphatic carbocycles. The molecular weight excluding hydrogens is 232 g/mol. The minimum Gasteiger partial charge on any atom is -0.478 e. The summed E-state index contributed by atoms with van der Waals surface area (Å²) in [5, 5.41) is 8.98. The van der Waals surface area contributed by atoms with Crippen LogP contribution in [0.15, 0.2) is 12.1 Å². The Bertz CT molecular complexity index is 497. The summed E-state index contributed by atoms with van der Waals surface area (Å²) in [6, 6.07) is 3.44. The molecule has 1 aromatic rings. The number of hydrogen-bond acceptors (Lipinski definition) is 4. The predicted octanol–water partition coefficient (Wildman–Crippen LogP) is 1.31. The Balaban J connectivity index is 1.81. The van der Waals surface area contributed by atoms with Gasteiger partial charge >= 0.3 is 5.97 Å². The minimum absolute atomic E-state index is 0.277. The van der Waals surface area contributed by atoms with Crippen molar-refractivity contribution in [2.45, 2.75) is 13.3 Å². The molecule has 2 fully saturated rings. The van der Waals surface area contributed by atoms with Crippen molar-refractivity contribution >= 4 is 11.8 Å². The Hall–Kier alpha value is -1.62. The lowest BCUT2D eigenvalue weighted by Gasteiger charge is -2.37. The fourth-order valence-electron chi connectivity index (χ4n) is 2.71. The van der Waals surface area contributed by atoms with Crippen LogP contribution in [0.25, 0.3) is 0 Å². The van der Waals surface area contributed by atoms with E-state index >= 15 is 0 Å². The maximum absolute atomic E-state index is 10.9. The van der Waals surface area contributed by atoms with Crippen molar-refractivity contribution in [1.82, 2.24) is 4.98 Å². The Morgan fingerprint density at radius 3 is 2.78 bits per heavy atom. The molecule has 1 spiro atoms. The first-order valence-electron chi connectivity index (χ1n) is 6.13. The van der Waals surface area contributed by atoms with E-state index in [0.717, 1.165) is 38.5 Å². The van der Waals surface area contributed by atoms with Crippen molar-refractivity contribution < 1.29 is 14.6 Å². The second-order valence-corrected chi connectivity index (χ2v) is 5.27. The van der Waals surface area contributed by atoms with E-state index in [9.17, 15) is 4.79 Å². The van der Waals surface area contributed by atoms with Gasteiger partial charge in [-0.15, -0.1) is 0 Å². The van der Waals surface area contributed by atoms with Gasteiger partial charge in [0.25, 0.3) is 0 Å². The van der Waals surface area contributed by atoms with Crippen LogP contribution in [0.1, 0.15) is 22.5 Å². The number of carbonyl (C=O) groups is 1. The number of anilines is 1. The maximum atomic E-state index is 10.9. The van der Waals surface area contributed by atoms with Crippen LogP contribution >= 0.6 is 0 Å². The number of nitrogens with zero attached hydrogens (tertiary/aromatic N) is 2. The van der Waals surface area contributed by atoms with Gasteiger partial charge in [0, 0.05) is 18.5 Å². The van der Waals surface area contributed by atoms with Crippen LogP contribution in [0.5, 0.6) is 0 Å². The van der Waals surface area contributed by atoms with Crippen LogP contribution in [0.4, 0.5) is 5.82 Å². The van der Waals surface area contributed by atoms with Gasteiger partial charge < -0.3 is 14.7 Å². The number of carboxylic acid groups (broad SMARTS) is 1. The molecule has 96 valence electrons. The number of rotatable bonds is 2. The third-order valence-electron chi connectivity index (χ3n) is 3.88. The fraction of sp³-hybridized carbons (Fsp3) is 0.538. The molecule has 3 heterocycles. The summed E-state index contributed by atoms with van der Waals surface area (Å²) in [5.41, 5.74) is 1.17. The molecule has 2 saturated heterocycles. The molecular formula is C13H16N2O3. The second kappa shape index (κ2) is 3.95. The first-order valence-corrected chi connectivity index (χ1v) is 6.13. The molecule has 5 heteroatoms. The van der Waals surface area contributed by atoms with Crippen LogP contribution in [-0.4, -0.2) is 42.4 Å². The maximum Gasteiger partial charge on any atom is 0.337 e. The second-order valence-electron chi connectivity index (χ2n) is 5.27. The molecule has 1 N–H and O–H groups in total. The van der Waals surface area contributed by atoms with Crippen LogP contribution in [0.2, 0.25) is 0 Å². The Morgan fingerprint density at radius 2 is 2.28 bits per heavy atom. The molecule has 3 rings (SSSR count). The van der Waals surface area contributed by atoms with Gasteiger partial charge in [-0.25, -0.2) is 9.78 Å². The highest BCUT2D eigenvalue weighted by atomic mass is 16.5. The van der Waals surface area contributed by atoms with Crippen molar-refractivity contribution in [1.29, 1.82) is 0 Å². The summed E-state index contributed by atoms with van der Waals surface area (Å²) >= 11 is 0. The molecule has 0 amide bonds. The smallest absolute Gasteiger partial charge is 0.337 e. The zero-order valence-corrected chi connectivity index (χ0v) is 10.3. The third-order valence-corrected chi connectivity index (χ3v) is 3.88. The summed E-state index contributed by atoms with van der Waals surface area (Å²) in [7, 11) is 0. The van der Waals surface area contributed by atoms with Crippen molar-refractivity contribution in [3.05, 3.63) is 23.4 Å². The van der Waals surface area contributed by atoms with E-state index < -0.39 is 5.97 Å². The average Bonchev–Trinajstić information content (AvgIpc) is 2.73. The Kier molecular flexibility index (Phi) is 2.52. The molecule has 1 aromatic heterocycles. The van der Waals surface area contributed by atoms with E-state index in [1.165, 1.54) is 0 Å². The SMILES string of the molecule is Cc1nc(N2CCC3(COC3)C2)ccc1C(=O)O. The molecule has 5 nitrogen and oxygen atoms in total. The summed E-state index contributed by atoms with van der Waals surface area (Å²) < 4.78 is 5.29. The fourth-order valence-corrected chi connectivity index (χ4v) is 2.71. The molecule has 0 bridgehead atoms. The lowest BCUT2D eigenvalue weighted by molar-refractivity contribution is -0.0985. The van der Waals surface area contributed by atoms with Crippen LogP contribution in [-0.2, 0) is 4.74 Å². The van der Waals surface area contributed by atoms with Gasteiger partial charge in [-0.1, -0.05) is 0 Å². The molecule has 0 atom stereocenters. The van der Waals surface area contributed by atoms with E-state index in [4.69, 9.17) is 9.84 Å². The Morgan fingerprint density at radius 1 is 1.50 bits per heavy atom. The number of pyridine rings is 1. The molecule has 0 radical (unpaired) electrons. The molecule has 0 aromatic carbocycles. The minimum atomic E-state index is -0.920. The zero-order chi connectivity index (χ0) is 12.8. The van der Waals surface area contributed by atoms with E-state index in [2.05, 4.69) is 9.88 Å². The topological polar surface area (TPSA) is 62.7 Å². The van der Waals surface area contributed by atoms with E-state index in [0.29, 0.717) is 11.1 Å². The summed E-state index contributed by atoms with van der Waals surface area (Å²) in [4.78, 5) is 17.6. The van der Waals surface area contributed by atoms with Crippen molar-refractivity contribution in [2.75, 3.05) is 31.2 Å². The van der Waals surface area contributed by atoms with Crippen LogP contribution in [0, 0.1) is 12.3 Å². The molecule has 0 unspecified atom stereocenters. The lowest BCUT2D eigenvalue weighted by Crippen LogP contribution is -2.44. The van der Waals surface area contributed by atoms with Gasteiger partial charge in [0.05, 0.1) is 24.5 Å². The van der Waals surface area contributed by atoms with Gasteiger partial charge in [0.15, 0.2) is 0 Å². The van der Waals surface area contributed by atoms with Crippen molar-refractivity contribution in [2.24, 2.45) is 5.41 Å². The number of ether oxygens (including phenoxy) is 1. The third kappa shape index (κ3) is 1.75. The number of aryl methyl sites for hydroxylation is 1. The van der Waals surface area contributed by atoms with Gasteiger partial charge in [0.2, 0.25) is 0 Å². The highest BCUT2D eigenvalue weighted by molar-refractivity contribution is 5.89. The average molecular weight is 248 g/mol. The molecule has 2 aliphatic heterocycles. The van der Waals surface area contributed by atoms with Gasteiger partial charge in [-0.05, 0) is 25.5 Å². The highest BCUT2D eigenvalue weighted by Crippen LogP contribution is 2.38. The Labute approximate surface area is 105 Å². The van der Waals surface area contributed by atoms with Crippen LogP contribution < -0.4 is 4.90 Å². The molecule has 0 saturated carbocycles. The van der Waals surface area contributed by atoms with Gasteiger partial charge in [0.1, 0.15) is 5.82 Å². The van der Waals surface area contributed by atoms with E-state index in [1.54, 1.807) is 19.1 Å². The highest BCUT2D eigenvalue weighted by Gasteiger charge is 2.44. The summed E-state index contributed by atoms with van der Waals surface area (Å²) in [6.45, 7) is 5.37. The summed E-state index contributed by atoms with van der Waals surface area (Å²) in [6.07, 6.45) is 1.13. The quantitative estimate of drug-likeness (QED) is 0.855. The zero-order valence-electron chi connectivity index (χ0n) is 10.3. The molecule has 18 heavy (non-hydrogen) atoms. The standard InChI is InChI=1S/C13H16N2O3/c1-9-10(12(16)17)2-3-11(14-9)15-5-4-13(6-15)7-18-8-13/h2-3H,4-8H2,1H3,(H,16,17). The van der Waals surface area contributed by atoms with Crippen molar-refractivity contribution in [3.63, 3.8) is 0 Å². The van der Waals surface area contributed by atoms with E-state index in [1.807, 2.05) is 0 Å². The molecule has 2 aliphatic rings. The van der Waals surface area contributed by atoms with Gasteiger partial charge in [-0.3, -0.25) is 0 Å².